The van der Waals surface area contributed by atoms with Gasteiger partial charge in [0.1, 0.15) is 16.2 Å². The van der Waals surface area contributed by atoms with Gasteiger partial charge >= 0.3 is 0 Å². The molecular formula is C19H19N5O4S. The Kier molecular flexibility index (Phi) is 4.50. The number of aromatic nitrogens is 2. The monoisotopic (exact) mass is 413 g/mol. The van der Waals surface area contributed by atoms with Gasteiger partial charge in [0.05, 0.1) is 4.88 Å². The molecule has 29 heavy (non-hydrogen) atoms. The van der Waals surface area contributed by atoms with Crippen LogP contribution in [-0.2, 0) is 0 Å². The number of hydrogen-bond donors (Lipinski definition) is 3. The number of nitrogens with zero attached hydrogens (tertiary/aromatic N) is 3. The molecule has 0 saturated carbocycles. The fraction of sp³-hybridized carbons (Fsp3) is 0.263. The van der Waals surface area contributed by atoms with Crippen LogP contribution in [0.1, 0.15) is 41.7 Å². The lowest BCUT2D eigenvalue weighted by Crippen LogP contribution is -2.40. The van der Waals surface area contributed by atoms with Crippen molar-refractivity contribution in [3.05, 3.63) is 40.4 Å². The number of rotatable bonds is 3. The van der Waals surface area contributed by atoms with Crippen LogP contribution in [0.5, 0.6) is 11.5 Å². The van der Waals surface area contributed by atoms with E-state index in [0.717, 1.165) is 0 Å². The van der Waals surface area contributed by atoms with Gasteiger partial charge in [-0.25, -0.2) is 9.97 Å². The van der Waals surface area contributed by atoms with Crippen LogP contribution in [0.4, 0.5) is 5.95 Å². The van der Waals surface area contributed by atoms with Crippen LogP contribution in [0.25, 0.3) is 10.2 Å². The molecule has 1 amide bonds. The normalized spacial score (nSPS) is 13.7. The van der Waals surface area contributed by atoms with Crippen LogP contribution in [0.2, 0.25) is 0 Å². The number of nitrogens with two attached hydrogens (primary N) is 1. The van der Waals surface area contributed by atoms with Crippen LogP contribution in [0, 0.1) is 0 Å². The van der Waals surface area contributed by atoms with Crippen molar-refractivity contribution in [1.29, 1.82) is 0 Å². The first-order valence-electron chi connectivity index (χ1n) is 8.77. The van der Waals surface area contributed by atoms with E-state index in [-0.39, 0.29) is 29.9 Å². The fourth-order valence-electron chi connectivity index (χ4n) is 2.92. The summed E-state index contributed by atoms with van der Waals surface area (Å²) in [6.07, 6.45) is 0. The number of thiophene rings is 1. The number of nitrogens with one attached hydrogen (secondary N) is 1. The first-order chi connectivity index (χ1) is 13.7. The molecule has 0 aliphatic carbocycles. The molecule has 9 nitrogen and oxygen atoms in total. The molecule has 0 saturated heterocycles. The van der Waals surface area contributed by atoms with E-state index in [1.165, 1.54) is 11.3 Å². The maximum atomic E-state index is 12.6. The summed E-state index contributed by atoms with van der Waals surface area (Å²) in [7, 11) is 0. The van der Waals surface area contributed by atoms with E-state index < -0.39 is 0 Å². The van der Waals surface area contributed by atoms with Gasteiger partial charge in [-0.15, -0.1) is 11.3 Å². The quantitative estimate of drug-likeness (QED) is 0.342. The van der Waals surface area contributed by atoms with Gasteiger partial charge < -0.3 is 25.7 Å². The second-order valence-electron chi connectivity index (χ2n) is 7.48. The number of benzene rings is 1. The molecule has 0 atom stereocenters. The minimum Gasteiger partial charge on any atom is -0.454 e. The van der Waals surface area contributed by atoms with Gasteiger partial charge in [0.2, 0.25) is 12.7 Å². The van der Waals surface area contributed by atoms with Crippen LogP contribution in [0.15, 0.2) is 29.4 Å². The average molecular weight is 413 g/mol. The average Bonchev–Trinajstić information content (AvgIpc) is 3.26. The van der Waals surface area contributed by atoms with Crippen molar-refractivity contribution in [1.82, 2.24) is 15.3 Å². The molecule has 10 heteroatoms. The molecule has 4 N–H and O–H groups in total. The lowest BCUT2D eigenvalue weighted by atomic mass is 10.0. The third-order valence-electron chi connectivity index (χ3n) is 4.09. The minimum atomic E-state index is -0.384. The first-order valence-corrected chi connectivity index (χ1v) is 9.59. The Balaban J connectivity index is 1.81. The molecule has 0 spiro atoms. The summed E-state index contributed by atoms with van der Waals surface area (Å²) < 4.78 is 10.7. The number of fused-ring (bicyclic) bond motifs is 2. The Bertz CT molecular complexity index is 1150. The SMILES string of the molecule is CC(C)(C)NC(=O)c1cc2c(/C(=N/O)c3ccc4c(c3)OCO4)nc(N)nc2s1. The van der Waals surface area contributed by atoms with Gasteiger partial charge in [0.15, 0.2) is 11.5 Å². The van der Waals surface area contributed by atoms with E-state index in [1.807, 2.05) is 20.8 Å². The zero-order valence-electron chi connectivity index (χ0n) is 16.0. The molecule has 2 aromatic heterocycles. The van der Waals surface area contributed by atoms with E-state index in [9.17, 15) is 10.0 Å². The molecule has 0 fully saturated rings. The number of carbonyl (C=O) groups is 1. The summed E-state index contributed by atoms with van der Waals surface area (Å²) in [5, 5.41) is 16.7. The molecule has 1 aliphatic heterocycles. The van der Waals surface area contributed by atoms with E-state index in [0.29, 0.717) is 37.9 Å². The minimum absolute atomic E-state index is 0.0130. The molecule has 150 valence electrons. The highest BCUT2D eigenvalue weighted by molar-refractivity contribution is 7.20. The van der Waals surface area contributed by atoms with E-state index in [1.54, 1.807) is 24.3 Å². The van der Waals surface area contributed by atoms with Crippen LogP contribution in [0.3, 0.4) is 0 Å². The van der Waals surface area contributed by atoms with Gasteiger partial charge in [0.25, 0.3) is 5.91 Å². The Morgan fingerprint density at radius 3 is 2.72 bits per heavy atom. The van der Waals surface area contributed by atoms with Crippen molar-refractivity contribution in [3.63, 3.8) is 0 Å². The lowest BCUT2D eigenvalue weighted by Gasteiger charge is -2.19. The molecule has 3 aromatic rings. The second-order valence-corrected chi connectivity index (χ2v) is 8.51. The molecule has 1 aliphatic rings. The first kappa shape index (κ1) is 18.9. The predicted molar refractivity (Wildman–Crippen MR) is 109 cm³/mol. The zero-order chi connectivity index (χ0) is 20.8. The molecule has 4 rings (SSSR count). The highest BCUT2D eigenvalue weighted by Gasteiger charge is 2.23. The standard InChI is InChI=1S/C19H19N5O4S/c1-19(2,3)23-16(25)13-7-10-15(21-18(20)22-17(10)29-13)14(24-26)9-4-5-11-12(6-9)28-8-27-11/h4-7,26H,8H2,1-3H3,(H,23,25)(H2,20,21,22)/b24-14+. The van der Waals surface area contributed by atoms with Gasteiger partial charge in [-0.3, -0.25) is 4.79 Å². The number of ether oxygens (including phenoxy) is 2. The molecule has 0 radical (unpaired) electrons. The predicted octanol–water partition coefficient (Wildman–Crippen LogP) is 2.76. The highest BCUT2D eigenvalue weighted by atomic mass is 32.1. The Hall–Kier alpha value is -3.40. The van der Waals surface area contributed by atoms with Crippen molar-refractivity contribution < 1.29 is 19.5 Å². The molecule has 1 aromatic carbocycles. The highest BCUT2D eigenvalue weighted by Crippen LogP contribution is 2.34. The summed E-state index contributed by atoms with van der Waals surface area (Å²) in [5.74, 6) is 0.933. The third kappa shape index (κ3) is 3.66. The summed E-state index contributed by atoms with van der Waals surface area (Å²) in [6.45, 7) is 5.83. The van der Waals surface area contributed by atoms with Gasteiger partial charge in [-0.1, -0.05) is 5.16 Å². The van der Waals surface area contributed by atoms with Crippen molar-refractivity contribution in [2.24, 2.45) is 5.16 Å². The van der Waals surface area contributed by atoms with Crippen molar-refractivity contribution >= 4 is 39.1 Å². The Morgan fingerprint density at radius 2 is 2.00 bits per heavy atom. The lowest BCUT2D eigenvalue weighted by molar-refractivity contribution is 0.0924. The second kappa shape index (κ2) is 6.89. The number of amides is 1. The van der Waals surface area contributed by atoms with E-state index >= 15 is 0 Å². The van der Waals surface area contributed by atoms with E-state index in [2.05, 4.69) is 20.4 Å². The van der Waals surface area contributed by atoms with Crippen molar-refractivity contribution in [2.75, 3.05) is 12.5 Å². The molecule has 0 unspecified atom stereocenters. The smallest absolute Gasteiger partial charge is 0.261 e. The van der Waals surface area contributed by atoms with Crippen molar-refractivity contribution in [2.45, 2.75) is 26.3 Å². The topological polar surface area (TPSA) is 132 Å². The number of carbonyl (C=O) groups excluding carboxylic acids is 1. The van der Waals surface area contributed by atoms with Gasteiger partial charge in [-0.05, 0) is 45.0 Å². The Morgan fingerprint density at radius 1 is 1.24 bits per heavy atom. The fourth-order valence-corrected chi connectivity index (χ4v) is 3.85. The molecule has 0 bridgehead atoms. The summed E-state index contributed by atoms with van der Waals surface area (Å²) in [5.41, 5.74) is 6.55. The number of anilines is 1. The number of nitrogen functional groups attached to an aromatic ring is 1. The van der Waals surface area contributed by atoms with Crippen LogP contribution in [-0.4, -0.2) is 39.1 Å². The molecular weight excluding hydrogens is 394 g/mol. The van der Waals surface area contributed by atoms with Crippen LogP contribution < -0.4 is 20.5 Å². The summed E-state index contributed by atoms with van der Waals surface area (Å²) >= 11 is 1.19. The Labute approximate surface area is 170 Å². The van der Waals surface area contributed by atoms with E-state index in [4.69, 9.17) is 15.2 Å². The number of hydrogen-bond acceptors (Lipinski definition) is 9. The van der Waals surface area contributed by atoms with Gasteiger partial charge in [0, 0.05) is 16.5 Å². The maximum Gasteiger partial charge on any atom is 0.261 e. The van der Waals surface area contributed by atoms with Crippen molar-refractivity contribution in [3.8, 4) is 11.5 Å². The maximum absolute atomic E-state index is 12.6. The summed E-state index contributed by atoms with van der Waals surface area (Å²) in [6, 6.07) is 6.82. The summed E-state index contributed by atoms with van der Waals surface area (Å²) in [4.78, 5) is 22.0. The zero-order valence-corrected chi connectivity index (χ0v) is 16.8. The van der Waals surface area contributed by atoms with Gasteiger partial charge in [-0.2, -0.15) is 0 Å². The van der Waals surface area contributed by atoms with Crippen LogP contribution >= 0.6 is 11.3 Å². The molecule has 3 heterocycles. The third-order valence-corrected chi connectivity index (χ3v) is 5.12. The number of oxime groups is 1. The largest absolute Gasteiger partial charge is 0.454 e.